The molecule has 0 fully saturated rings. The highest BCUT2D eigenvalue weighted by Crippen LogP contribution is 2.44. The molecular formula is C45H47N9O6S2. The monoisotopic (exact) mass is 873 g/mol. The number of methoxy groups -OCH3 is 3. The lowest BCUT2D eigenvalue weighted by Gasteiger charge is -2.28. The van der Waals surface area contributed by atoms with Crippen LogP contribution in [0, 0.1) is 11.8 Å². The van der Waals surface area contributed by atoms with Crippen LogP contribution in [0.5, 0.6) is 11.5 Å². The van der Waals surface area contributed by atoms with Gasteiger partial charge in [0.25, 0.3) is 0 Å². The average Bonchev–Trinajstić information content (AvgIpc) is 4.10. The summed E-state index contributed by atoms with van der Waals surface area (Å²) in [6.45, 7) is 3.93. The Morgan fingerprint density at radius 3 is 1.76 bits per heavy atom. The first-order chi connectivity index (χ1) is 30.1. The van der Waals surface area contributed by atoms with E-state index in [9.17, 15) is 14.7 Å². The lowest BCUT2D eigenvalue weighted by atomic mass is 9.87. The molecule has 17 heteroatoms. The van der Waals surface area contributed by atoms with Gasteiger partial charge in [0.05, 0.1) is 61.5 Å². The van der Waals surface area contributed by atoms with Crippen molar-refractivity contribution in [3.63, 3.8) is 0 Å². The number of carbonyl (C=O) groups excluding carboxylic acids is 1. The lowest BCUT2D eigenvalue weighted by molar-refractivity contribution is -0.142. The van der Waals surface area contributed by atoms with Crippen LogP contribution in [0.2, 0.25) is 0 Å². The molecule has 320 valence electrons. The van der Waals surface area contributed by atoms with E-state index >= 15 is 0 Å². The third-order valence-electron chi connectivity index (χ3n) is 12.1. The number of nitrogens with one attached hydrogen (secondary N) is 2. The molecule has 6 aromatic rings. The summed E-state index contributed by atoms with van der Waals surface area (Å²) in [6, 6.07) is 8.12. The molecule has 62 heavy (non-hydrogen) atoms. The van der Waals surface area contributed by atoms with Crippen LogP contribution in [-0.2, 0) is 53.1 Å². The number of amides is 1. The van der Waals surface area contributed by atoms with Crippen LogP contribution in [0.15, 0.2) is 46.9 Å². The highest BCUT2D eigenvalue weighted by atomic mass is 32.1. The maximum absolute atomic E-state index is 13.1. The van der Waals surface area contributed by atoms with Gasteiger partial charge >= 0.3 is 5.97 Å². The molecule has 0 unspecified atom stereocenters. The number of anilines is 4. The van der Waals surface area contributed by atoms with E-state index in [1.807, 2.05) is 44.6 Å². The van der Waals surface area contributed by atoms with Crippen LogP contribution in [0.1, 0.15) is 62.9 Å². The van der Waals surface area contributed by atoms with Gasteiger partial charge in [-0.3, -0.25) is 19.6 Å². The van der Waals surface area contributed by atoms with E-state index in [0.29, 0.717) is 32.5 Å². The fourth-order valence-electron chi connectivity index (χ4n) is 8.76. The van der Waals surface area contributed by atoms with Crippen LogP contribution in [0.4, 0.5) is 23.0 Å². The highest BCUT2D eigenvalue weighted by molar-refractivity contribution is 7.19. The van der Waals surface area contributed by atoms with E-state index in [4.69, 9.17) is 14.2 Å². The van der Waals surface area contributed by atoms with Gasteiger partial charge < -0.3 is 34.9 Å². The summed E-state index contributed by atoms with van der Waals surface area (Å²) in [5.41, 5.74) is 8.57. The number of aromatic nitrogens is 4. The zero-order valence-electron chi connectivity index (χ0n) is 35.2. The zero-order valence-corrected chi connectivity index (χ0v) is 36.8. The molecule has 4 aromatic heterocycles. The molecule has 2 aliphatic heterocycles. The quantitative estimate of drug-likeness (QED) is 0.116. The first-order valence-electron chi connectivity index (χ1n) is 20.6. The predicted molar refractivity (Wildman–Crippen MR) is 243 cm³/mol. The zero-order chi connectivity index (χ0) is 43.1. The smallest absolute Gasteiger partial charge is 0.306 e. The molecule has 0 spiro atoms. The third-order valence-corrected chi connectivity index (χ3v) is 14.4. The van der Waals surface area contributed by atoms with Crippen molar-refractivity contribution in [1.82, 2.24) is 24.8 Å². The van der Waals surface area contributed by atoms with Gasteiger partial charge in [0, 0.05) is 48.8 Å². The molecular weight excluding hydrogens is 827 g/mol. The number of hydrogen-bond donors (Lipinski definition) is 3. The van der Waals surface area contributed by atoms with Gasteiger partial charge in [0.1, 0.15) is 45.5 Å². The SMILES string of the molecule is COc1cc2c(cc1Nc1ncnc3sc4c(c13)CC[C@H](C(=O)N(C)C[C@@H](C)OC)C4)C=NC2.COc1cc2c(cc1Nc1ncnc3sc4c(c13)CC[C@H](C(=O)O)C4)C=NC2. The number of aliphatic carboxylic acids is 1. The number of fused-ring (bicyclic) bond motifs is 8. The topological polar surface area (TPSA) is 186 Å². The first-order valence-corrected chi connectivity index (χ1v) is 22.2. The van der Waals surface area contributed by atoms with Crippen LogP contribution in [-0.4, -0.2) is 95.3 Å². The fourth-order valence-corrected chi connectivity index (χ4v) is 11.3. The number of aryl methyl sites for hydroxylation is 2. The van der Waals surface area contributed by atoms with Gasteiger partial charge in [0.15, 0.2) is 0 Å². The number of carboxylic acids is 1. The number of carboxylic acid groups (broad SMARTS) is 1. The van der Waals surface area contributed by atoms with Crippen molar-refractivity contribution in [1.29, 1.82) is 0 Å². The largest absolute Gasteiger partial charge is 0.495 e. The number of rotatable bonds is 11. The molecule has 0 saturated carbocycles. The van der Waals surface area contributed by atoms with Crippen molar-refractivity contribution in [2.75, 3.05) is 45.6 Å². The van der Waals surface area contributed by atoms with Crippen molar-refractivity contribution in [3.8, 4) is 11.5 Å². The summed E-state index contributed by atoms with van der Waals surface area (Å²) in [5.74, 6) is 2.12. The second kappa shape index (κ2) is 17.4. The molecule has 3 atom stereocenters. The van der Waals surface area contributed by atoms with Gasteiger partial charge in [-0.25, -0.2) is 19.9 Å². The van der Waals surface area contributed by atoms with E-state index in [1.54, 1.807) is 61.6 Å². The Labute approximate surface area is 366 Å². The summed E-state index contributed by atoms with van der Waals surface area (Å²) in [6.07, 6.45) is 11.2. The van der Waals surface area contributed by atoms with E-state index < -0.39 is 5.97 Å². The highest BCUT2D eigenvalue weighted by Gasteiger charge is 2.32. The Kier molecular flexibility index (Phi) is 11.6. The van der Waals surface area contributed by atoms with Gasteiger partial charge in [-0.15, -0.1) is 22.7 Å². The average molecular weight is 874 g/mol. The number of nitrogens with zero attached hydrogens (tertiary/aromatic N) is 7. The second-order valence-electron chi connectivity index (χ2n) is 16.0. The molecule has 0 bridgehead atoms. The van der Waals surface area contributed by atoms with Crippen LogP contribution in [0.25, 0.3) is 20.4 Å². The predicted octanol–water partition coefficient (Wildman–Crippen LogP) is 7.54. The first kappa shape index (κ1) is 41.3. The molecule has 2 aromatic carbocycles. The minimum Gasteiger partial charge on any atom is -0.495 e. The molecule has 4 aliphatic rings. The van der Waals surface area contributed by atoms with Crippen molar-refractivity contribution < 1.29 is 28.9 Å². The maximum atomic E-state index is 13.1. The van der Waals surface area contributed by atoms with Crippen LogP contribution in [0.3, 0.4) is 0 Å². The Morgan fingerprint density at radius 2 is 1.27 bits per heavy atom. The Balaban J connectivity index is 0.000000161. The summed E-state index contributed by atoms with van der Waals surface area (Å²) in [5, 5.41) is 18.3. The molecule has 6 heterocycles. The van der Waals surface area contributed by atoms with Gasteiger partial charge in [-0.05, 0) is 103 Å². The van der Waals surface area contributed by atoms with Crippen LogP contribution >= 0.6 is 22.7 Å². The number of likely N-dealkylation sites (N-methyl/N-ethyl adjacent to an activating group) is 1. The molecule has 10 rings (SSSR count). The number of ether oxygens (including phenoxy) is 3. The molecule has 0 saturated heterocycles. The minimum absolute atomic E-state index is 0.0174. The molecule has 1 amide bonds. The summed E-state index contributed by atoms with van der Waals surface area (Å²) in [4.78, 5) is 57.1. The fraction of sp³-hybridized carbons (Fsp3) is 0.378. The van der Waals surface area contributed by atoms with Gasteiger partial charge in [-0.2, -0.15) is 0 Å². The maximum Gasteiger partial charge on any atom is 0.306 e. The summed E-state index contributed by atoms with van der Waals surface area (Å²) >= 11 is 3.24. The molecule has 0 radical (unpaired) electrons. The van der Waals surface area contributed by atoms with Gasteiger partial charge in [0.2, 0.25) is 5.91 Å². The number of hydrogen-bond acceptors (Lipinski definition) is 15. The van der Waals surface area contributed by atoms with E-state index in [2.05, 4.69) is 46.6 Å². The number of thiophene rings is 2. The number of aliphatic imine (C=N–C) groups is 2. The molecule has 3 N–H and O–H groups in total. The van der Waals surface area contributed by atoms with E-state index in [1.165, 1.54) is 16.0 Å². The lowest BCUT2D eigenvalue weighted by Crippen LogP contribution is -2.39. The number of carbonyl (C=O) groups is 2. The van der Waals surface area contributed by atoms with Crippen molar-refractivity contribution in [3.05, 3.63) is 80.1 Å². The minimum atomic E-state index is -0.725. The molecule has 15 nitrogen and oxygen atoms in total. The Bertz CT molecular complexity index is 2780. The Hall–Kier alpha value is -6.04. The van der Waals surface area contributed by atoms with Crippen LogP contribution < -0.4 is 20.1 Å². The normalized spacial score (nSPS) is 17.4. The third kappa shape index (κ3) is 7.95. The van der Waals surface area contributed by atoms with Gasteiger partial charge in [-0.1, -0.05) is 0 Å². The summed E-state index contributed by atoms with van der Waals surface area (Å²) in [7, 11) is 6.86. The second-order valence-corrected chi connectivity index (χ2v) is 18.2. The van der Waals surface area contributed by atoms with E-state index in [0.717, 1.165) is 108 Å². The Morgan fingerprint density at radius 1 is 0.774 bits per heavy atom. The molecule has 2 aliphatic carbocycles. The number of benzene rings is 2. The van der Waals surface area contributed by atoms with Crippen molar-refractivity contribution >= 4 is 90.4 Å². The van der Waals surface area contributed by atoms with E-state index in [-0.39, 0.29) is 23.8 Å². The standard InChI is InChI=1S/C25H29N5O3S.C20H18N4O3S/c1-14(32-3)12-30(2)25(31)15-5-6-18-21(9-15)34-24-22(18)23(27-13-28-24)29-19-7-16-10-26-11-17(16)8-20(19)33-4;1-27-15-5-12-8-21-7-11(12)4-14(15)24-18-17-13-3-2-10(20(25)26)6-16(13)28-19(17)23-9-22-18/h7-8,10,13-15H,5-6,9,11-12H2,1-4H3,(H,27,28,29);4-5,7,9-10H,2-3,6,8H2,1H3,(H,25,26)(H,22,23,24)/t14-,15+;10-/m10/s1. The summed E-state index contributed by atoms with van der Waals surface area (Å²) < 4.78 is 16.5. The van der Waals surface area contributed by atoms with Crippen molar-refractivity contribution in [2.24, 2.45) is 21.8 Å². The van der Waals surface area contributed by atoms with Crippen molar-refractivity contribution in [2.45, 2.75) is 64.6 Å².